The van der Waals surface area contributed by atoms with Gasteiger partial charge in [-0.15, -0.1) is 6.42 Å². The molecule has 1 atom stereocenters. The molecular formula is C20H20BrNO3. The number of terminal acetylenes is 1. The second kappa shape index (κ2) is 7.49. The molecule has 130 valence electrons. The van der Waals surface area contributed by atoms with Crippen LogP contribution in [-0.2, 0) is 10.3 Å². The van der Waals surface area contributed by atoms with Crippen LogP contribution in [0.5, 0.6) is 5.75 Å². The molecule has 0 amide bonds. The number of ether oxygens (including phenoxy) is 2. The lowest BCUT2D eigenvalue weighted by Crippen LogP contribution is -2.36. The lowest BCUT2D eigenvalue weighted by molar-refractivity contribution is 0.122. The number of nitrogens with zero attached hydrogens (tertiary/aromatic N) is 1. The fraction of sp³-hybridized carbons (Fsp3) is 0.300. The van der Waals surface area contributed by atoms with Crippen LogP contribution in [-0.4, -0.2) is 38.5 Å². The van der Waals surface area contributed by atoms with Gasteiger partial charge in [0.15, 0.2) is 5.60 Å². The third kappa shape index (κ3) is 3.52. The van der Waals surface area contributed by atoms with Gasteiger partial charge in [-0.2, -0.15) is 0 Å². The Bertz CT molecular complexity index is 779. The molecule has 0 spiro atoms. The van der Waals surface area contributed by atoms with Gasteiger partial charge in [-0.25, -0.2) is 0 Å². The van der Waals surface area contributed by atoms with E-state index in [1.807, 2.05) is 24.3 Å². The van der Waals surface area contributed by atoms with E-state index in [1.54, 1.807) is 25.3 Å². The van der Waals surface area contributed by atoms with E-state index in [0.717, 1.165) is 36.5 Å². The molecule has 25 heavy (non-hydrogen) atoms. The van der Waals surface area contributed by atoms with E-state index >= 15 is 0 Å². The lowest BCUT2D eigenvalue weighted by Gasteiger charge is -2.30. The number of benzene rings is 2. The molecule has 2 aromatic rings. The molecule has 1 fully saturated rings. The number of rotatable bonds is 4. The Morgan fingerprint density at radius 3 is 2.36 bits per heavy atom. The molecule has 4 nitrogen and oxygen atoms in total. The average molecular weight is 402 g/mol. The molecule has 1 aliphatic rings. The van der Waals surface area contributed by atoms with Gasteiger partial charge >= 0.3 is 0 Å². The van der Waals surface area contributed by atoms with Crippen LogP contribution in [0.2, 0.25) is 0 Å². The van der Waals surface area contributed by atoms with Crippen LogP contribution in [0.25, 0.3) is 0 Å². The summed E-state index contributed by atoms with van der Waals surface area (Å²) in [4.78, 5) is 2.26. The Balaban J connectivity index is 1.91. The summed E-state index contributed by atoms with van der Waals surface area (Å²) in [6.07, 6.45) is 5.70. The fourth-order valence-electron chi connectivity index (χ4n) is 2.96. The van der Waals surface area contributed by atoms with Gasteiger partial charge in [0.25, 0.3) is 0 Å². The van der Waals surface area contributed by atoms with E-state index < -0.39 is 5.60 Å². The van der Waals surface area contributed by atoms with Crippen molar-refractivity contribution in [3.05, 3.63) is 58.1 Å². The minimum atomic E-state index is -1.50. The van der Waals surface area contributed by atoms with E-state index in [0.29, 0.717) is 16.9 Å². The van der Waals surface area contributed by atoms with E-state index in [2.05, 4.69) is 26.8 Å². The molecule has 2 aromatic carbocycles. The molecule has 0 aromatic heterocycles. The predicted molar refractivity (Wildman–Crippen MR) is 102 cm³/mol. The van der Waals surface area contributed by atoms with Crippen LogP contribution in [0.4, 0.5) is 5.69 Å². The van der Waals surface area contributed by atoms with Crippen molar-refractivity contribution in [1.29, 1.82) is 0 Å². The summed E-state index contributed by atoms with van der Waals surface area (Å²) in [6.45, 7) is 3.19. The van der Waals surface area contributed by atoms with Crippen LogP contribution in [0, 0.1) is 12.3 Å². The lowest BCUT2D eigenvalue weighted by atomic mass is 9.87. The van der Waals surface area contributed by atoms with Crippen molar-refractivity contribution in [3.8, 4) is 18.1 Å². The van der Waals surface area contributed by atoms with Gasteiger partial charge < -0.3 is 19.5 Å². The van der Waals surface area contributed by atoms with Gasteiger partial charge in [0.05, 0.1) is 24.8 Å². The van der Waals surface area contributed by atoms with Crippen molar-refractivity contribution >= 4 is 21.6 Å². The van der Waals surface area contributed by atoms with E-state index in [9.17, 15) is 5.11 Å². The van der Waals surface area contributed by atoms with Gasteiger partial charge in [0.2, 0.25) is 0 Å². The van der Waals surface area contributed by atoms with E-state index in [4.69, 9.17) is 15.9 Å². The maximum absolute atomic E-state index is 11.1. The minimum Gasteiger partial charge on any atom is -0.496 e. The molecule has 1 aliphatic heterocycles. The Hall–Kier alpha value is -2.00. The van der Waals surface area contributed by atoms with Gasteiger partial charge in [-0.1, -0.05) is 24.1 Å². The van der Waals surface area contributed by atoms with E-state index in [-0.39, 0.29) is 0 Å². The average Bonchev–Trinajstić information content (AvgIpc) is 2.68. The third-order valence-electron chi connectivity index (χ3n) is 4.44. The SMILES string of the molecule is C#CC(O)(c1ccc(N2CCOCC2)cc1)c1ccc(OC)c(Br)c1. The number of morpholine rings is 1. The molecule has 5 heteroatoms. The van der Waals surface area contributed by atoms with Crippen molar-refractivity contribution in [1.82, 2.24) is 0 Å². The first kappa shape index (κ1) is 17.8. The van der Waals surface area contributed by atoms with Gasteiger partial charge in [0, 0.05) is 29.9 Å². The summed E-state index contributed by atoms with van der Waals surface area (Å²) in [6, 6.07) is 13.1. The van der Waals surface area contributed by atoms with Crippen LogP contribution < -0.4 is 9.64 Å². The van der Waals surface area contributed by atoms with E-state index in [1.165, 1.54) is 0 Å². The normalized spacial score (nSPS) is 16.8. The Labute approximate surface area is 156 Å². The highest BCUT2D eigenvalue weighted by molar-refractivity contribution is 9.10. The Morgan fingerprint density at radius 1 is 1.16 bits per heavy atom. The second-order valence-electron chi connectivity index (χ2n) is 5.85. The monoisotopic (exact) mass is 401 g/mol. The summed E-state index contributed by atoms with van der Waals surface area (Å²) in [5.74, 6) is 3.22. The molecule has 0 aliphatic carbocycles. The smallest absolute Gasteiger partial charge is 0.176 e. The first-order valence-corrected chi connectivity index (χ1v) is 8.85. The van der Waals surface area contributed by atoms with Crippen LogP contribution in [0.3, 0.4) is 0 Å². The topological polar surface area (TPSA) is 41.9 Å². The van der Waals surface area contributed by atoms with Crippen molar-refractivity contribution in [2.75, 3.05) is 38.3 Å². The highest BCUT2D eigenvalue weighted by Gasteiger charge is 2.30. The summed E-state index contributed by atoms with van der Waals surface area (Å²) in [5, 5.41) is 11.1. The summed E-state index contributed by atoms with van der Waals surface area (Å²) < 4.78 is 11.4. The molecule has 0 bridgehead atoms. The predicted octanol–water partition coefficient (Wildman–Crippen LogP) is 3.16. The van der Waals surface area contributed by atoms with Gasteiger partial charge in [-0.3, -0.25) is 0 Å². The van der Waals surface area contributed by atoms with Gasteiger partial charge in [-0.05, 0) is 40.2 Å². The number of methoxy groups -OCH3 is 1. The van der Waals surface area contributed by atoms with Crippen molar-refractivity contribution < 1.29 is 14.6 Å². The summed E-state index contributed by atoms with van der Waals surface area (Å²) in [5.41, 5.74) is 0.867. The molecule has 1 heterocycles. The minimum absolute atomic E-state index is 0.613. The maximum Gasteiger partial charge on any atom is 0.176 e. The molecule has 1 saturated heterocycles. The first-order chi connectivity index (χ1) is 12.1. The zero-order valence-corrected chi connectivity index (χ0v) is 15.6. The van der Waals surface area contributed by atoms with Crippen LogP contribution in [0.1, 0.15) is 11.1 Å². The van der Waals surface area contributed by atoms with Crippen molar-refractivity contribution in [2.24, 2.45) is 0 Å². The van der Waals surface area contributed by atoms with Crippen molar-refractivity contribution in [2.45, 2.75) is 5.60 Å². The largest absolute Gasteiger partial charge is 0.496 e. The number of halogens is 1. The third-order valence-corrected chi connectivity index (χ3v) is 5.06. The molecular weight excluding hydrogens is 382 g/mol. The molecule has 1 unspecified atom stereocenters. The summed E-state index contributed by atoms with van der Waals surface area (Å²) in [7, 11) is 1.59. The maximum atomic E-state index is 11.1. The van der Waals surface area contributed by atoms with Crippen LogP contribution in [0.15, 0.2) is 46.9 Å². The number of anilines is 1. The van der Waals surface area contributed by atoms with Gasteiger partial charge in [0.1, 0.15) is 5.75 Å². The standard InChI is InChI=1S/C20H20BrNO3/c1-3-20(23,16-6-9-19(24-2)18(21)14-16)15-4-7-17(8-5-15)22-10-12-25-13-11-22/h1,4-9,14,23H,10-13H2,2H3. The number of hydrogen-bond donors (Lipinski definition) is 1. The fourth-order valence-corrected chi connectivity index (χ4v) is 3.50. The zero-order valence-electron chi connectivity index (χ0n) is 14.0. The Morgan fingerprint density at radius 2 is 1.80 bits per heavy atom. The molecule has 3 rings (SSSR count). The first-order valence-electron chi connectivity index (χ1n) is 8.06. The number of aliphatic hydroxyl groups is 1. The quantitative estimate of drug-likeness (QED) is 0.798. The molecule has 0 saturated carbocycles. The van der Waals surface area contributed by atoms with Crippen molar-refractivity contribution in [3.63, 3.8) is 0 Å². The second-order valence-corrected chi connectivity index (χ2v) is 6.70. The summed E-state index contributed by atoms with van der Waals surface area (Å²) >= 11 is 3.44. The van der Waals surface area contributed by atoms with Crippen LogP contribution >= 0.6 is 15.9 Å². The highest BCUT2D eigenvalue weighted by Crippen LogP contribution is 2.35. The molecule has 0 radical (unpaired) electrons. The molecule has 1 N–H and O–H groups in total. The zero-order chi connectivity index (χ0) is 17.9. The highest BCUT2D eigenvalue weighted by atomic mass is 79.9. The Kier molecular flexibility index (Phi) is 5.33. The number of hydrogen-bond acceptors (Lipinski definition) is 4.